The molecule has 1 aromatic carbocycles. The molecule has 0 saturated heterocycles. The molecule has 1 atom stereocenters. The lowest BCUT2D eigenvalue weighted by atomic mass is 9.86. The molecule has 0 radical (unpaired) electrons. The molecule has 0 bridgehead atoms. The van der Waals surface area contributed by atoms with Gasteiger partial charge in [-0.25, -0.2) is 5.43 Å². The summed E-state index contributed by atoms with van der Waals surface area (Å²) in [5.74, 6) is 6.43. The smallest absolute Gasteiger partial charge is 0.169 e. The minimum absolute atomic E-state index is 0.139. The van der Waals surface area contributed by atoms with Crippen LogP contribution in [0.2, 0.25) is 0 Å². The summed E-state index contributed by atoms with van der Waals surface area (Å²) in [6.07, 6.45) is 0. The molecule has 0 aliphatic heterocycles. The van der Waals surface area contributed by atoms with Crippen LogP contribution in [0.25, 0.3) is 0 Å². The number of furan rings is 1. The fourth-order valence-electron chi connectivity index (χ4n) is 2.00. The number of hydrogen-bond donors (Lipinski definition) is 2. The van der Waals surface area contributed by atoms with Gasteiger partial charge < -0.3 is 4.42 Å². The van der Waals surface area contributed by atoms with E-state index in [4.69, 9.17) is 10.3 Å². The molecule has 3 N–H and O–H groups in total. The highest BCUT2D eigenvalue weighted by atomic mass is 79.9. The van der Waals surface area contributed by atoms with Crippen molar-refractivity contribution in [2.24, 2.45) is 5.84 Å². The molecule has 102 valence electrons. The molecule has 1 aromatic heterocycles. The minimum atomic E-state index is -0.139. The Morgan fingerprint density at radius 1 is 1.11 bits per heavy atom. The van der Waals surface area contributed by atoms with Crippen LogP contribution < -0.4 is 11.3 Å². The number of rotatable bonds is 3. The van der Waals surface area contributed by atoms with E-state index in [2.05, 4.69) is 66.4 Å². The quantitative estimate of drug-likeness (QED) is 0.665. The summed E-state index contributed by atoms with van der Waals surface area (Å²) in [6, 6.07) is 12.1. The number of hydrogen-bond acceptors (Lipinski definition) is 3. The van der Waals surface area contributed by atoms with Crippen molar-refractivity contribution in [3.63, 3.8) is 0 Å². The average Bonchev–Trinajstić information content (AvgIpc) is 2.76. The highest BCUT2D eigenvalue weighted by molar-refractivity contribution is 9.10. The zero-order valence-corrected chi connectivity index (χ0v) is 13.0. The van der Waals surface area contributed by atoms with Crippen molar-refractivity contribution in [2.75, 3.05) is 0 Å². The number of halogens is 1. The van der Waals surface area contributed by atoms with Crippen LogP contribution in [0, 0.1) is 0 Å². The first-order valence-electron chi connectivity index (χ1n) is 6.23. The molecule has 0 spiro atoms. The lowest BCUT2D eigenvalue weighted by Gasteiger charge is -2.20. The summed E-state index contributed by atoms with van der Waals surface area (Å²) in [5, 5.41) is 0. The number of benzene rings is 1. The molecular weight excluding hydrogens is 304 g/mol. The van der Waals surface area contributed by atoms with Crippen LogP contribution in [0.4, 0.5) is 0 Å². The van der Waals surface area contributed by atoms with Crippen LogP contribution in [0.3, 0.4) is 0 Å². The van der Waals surface area contributed by atoms with Crippen molar-refractivity contribution in [2.45, 2.75) is 32.2 Å². The molecule has 2 rings (SSSR count). The number of hydrazine groups is 1. The molecule has 1 heterocycles. The largest absolute Gasteiger partial charge is 0.452 e. The summed E-state index contributed by atoms with van der Waals surface area (Å²) in [5.41, 5.74) is 5.32. The zero-order valence-electron chi connectivity index (χ0n) is 11.4. The van der Waals surface area contributed by atoms with E-state index in [0.717, 1.165) is 11.3 Å². The molecule has 0 amide bonds. The summed E-state index contributed by atoms with van der Waals surface area (Å²) in [6.45, 7) is 6.60. The fourth-order valence-corrected chi connectivity index (χ4v) is 2.32. The predicted molar refractivity (Wildman–Crippen MR) is 80.7 cm³/mol. The van der Waals surface area contributed by atoms with Crippen molar-refractivity contribution < 1.29 is 4.42 Å². The molecule has 3 nitrogen and oxygen atoms in total. The van der Waals surface area contributed by atoms with E-state index < -0.39 is 0 Å². The van der Waals surface area contributed by atoms with Gasteiger partial charge >= 0.3 is 0 Å². The maximum absolute atomic E-state index is 5.64. The van der Waals surface area contributed by atoms with Crippen LogP contribution in [0.5, 0.6) is 0 Å². The van der Waals surface area contributed by atoms with E-state index in [1.54, 1.807) is 0 Å². The van der Waals surface area contributed by atoms with E-state index in [1.165, 1.54) is 5.56 Å². The van der Waals surface area contributed by atoms with Crippen LogP contribution in [-0.4, -0.2) is 0 Å². The first-order chi connectivity index (χ1) is 8.91. The normalized spacial score (nSPS) is 13.5. The second kappa shape index (κ2) is 5.49. The van der Waals surface area contributed by atoms with Gasteiger partial charge in [-0.3, -0.25) is 5.84 Å². The number of nitrogens with one attached hydrogen (secondary N) is 1. The Bertz CT molecular complexity index is 540. The van der Waals surface area contributed by atoms with Crippen molar-refractivity contribution in [3.05, 3.63) is 58.0 Å². The Hall–Kier alpha value is -1.10. The maximum Gasteiger partial charge on any atom is 0.169 e. The molecule has 0 aliphatic rings. The average molecular weight is 323 g/mol. The van der Waals surface area contributed by atoms with E-state index >= 15 is 0 Å². The first kappa shape index (κ1) is 14.3. The fraction of sp³-hybridized carbons (Fsp3) is 0.333. The van der Waals surface area contributed by atoms with E-state index in [0.29, 0.717) is 4.67 Å². The molecular formula is C15H19BrN2O. The van der Waals surface area contributed by atoms with Crippen molar-refractivity contribution >= 4 is 15.9 Å². The van der Waals surface area contributed by atoms with Gasteiger partial charge in [0.25, 0.3) is 0 Å². The first-order valence-corrected chi connectivity index (χ1v) is 7.03. The van der Waals surface area contributed by atoms with Gasteiger partial charge in [-0.2, -0.15) is 0 Å². The van der Waals surface area contributed by atoms with Crippen LogP contribution >= 0.6 is 15.9 Å². The van der Waals surface area contributed by atoms with Gasteiger partial charge in [-0.1, -0.05) is 45.0 Å². The van der Waals surface area contributed by atoms with Gasteiger partial charge in [0.1, 0.15) is 11.8 Å². The summed E-state index contributed by atoms with van der Waals surface area (Å²) >= 11 is 3.30. The Labute approximate surface area is 122 Å². The second-order valence-corrected chi connectivity index (χ2v) is 6.40. The number of nitrogens with two attached hydrogens (primary N) is 1. The zero-order chi connectivity index (χ0) is 14.0. The van der Waals surface area contributed by atoms with Crippen LogP contribution in [0.1, 0.15) is 43.7 Å². The molecule has 2 aromatic rings. The van der Waals surface area contributed by atoms with Gasteiger partial charge in [-0.15, -0.1) is 0 Å². The van der Waals surface area contributed by atoms with Crippen molar-refractivity contribution in [1.29, 1.82) is 0 Å². The van der Waals surface area contributed by atoms with E-state index in [-0.39, 0.29) is 11.5 Å². The maximum atomic E-state index is 5.64. The topological polar surface area (TPSA) is 51.2 Å². The Kier molecular flexibility index (Phi) is 4.13. The minimum Gasteiger partial charge on any atom is -0.452 e. The highest BCUT2D eigenvalue weighted by Gasteiger charge is 2.18. The standard InChI is InChI=1S/C15H19BrN2O/c1-15(2,3)11-6-4-10(5-7-11)14(18-17)12-8-9-13(16)19-12/h4-9,14,18H,17H2,1-3H3. The molecule has 0 saturated carbocycles. The van der Waals surface area contributed by atoms with Gasteiger partial charge in [0.15, 0.2) is 4.67 Å². The SMILES string of the molecule is CC(C)(C)c1ccc(C(NN)c2ccc(Br)o2)cc1. The third-order valence-corrected chi connectivity index (χ3v) is 3.58. The molecule has 0 aliphatic carbocycles. The third-order valence-electron chi connectivity index (χ3n) is 3.16. The van der Waals surface area contributed by atoms with Gasteiger partial charge in [-0.05, 0) is 44.6 Å². The predicted octanol–water partition coefficient (Wildman–Crippen LogP) is 3.89. The van der Waals surface area contributed by atoms with Gasteiger partial charge in [0.05, 0.1) is 0 Å². The summed E-state index contributed by atoms with van der Waals surface area (Å²) in [4.78, 5) is 0. The Morgan fingerprint density at radius 2 is 1.74 bits per heavy atom. The molecule has 4 heteroatoms. The van der Waals surface area contributed by atoms with E-state index in [9.17, 15) is 0 Å². The van der Waals surface area contributed by atoms with E-state index in [1.807, 2.05) is 12.1 Å². The third kappa shape index (κ3) is 3.26. The summed E-state index contributed by atoms with van der Waals surface area (Å²) < 4.78 is 6.27. The lowest BCUT2D eigenvalue weighted by molar-refractivity contribution is 0.437. The van der Waals surface area contributed by atoms with Gasteiger partial charge in [0.2, 0.25) is 0 Å². The Balaban J connectivity index is 2.30. The highest BCUT2D eigenvalue weighted by Crippen LogP contribution is 2.28. The molecule has 0 fully saturated rings. The van der Waals surface area contributed by atoms with Crippen LogP contribution in [-0.2, 0) is 5.41 Å². The molecule has 1 unspecified atom stereocenters. The van der Waals surface area contributed by atoms with Crippen LogP contribution in [0.15, 0.2) is 45.5 Å². The summed E-state index contributed by atoms with van der Waals surface area (Å²) in [7, 11) is 0. The van der Waals surface area contributed by atoms with Crippen molar-refractivity contribution in [3.8, 4) is 0 Å². The Morgan fingerprint density at radius 3 is 2.16 bits per heavy atom. The molecule has 19 heavy (non-hydrogen) atoms. The lowest BCUT2D eigenvalue weighted by Crippen LogP contribution is -2.28. The van der Waals surface area contributed by atoms with Crippen molar-refractivity contribution in [1.82, 2.24) is 5.43 Å². The second-order valence-electron chi connectivity index (χ2n) is 5.61. The van der Waals surface area contributed by atoms with Gasteiger partial charge in [0, 0.05) is 0 Å². The monoisotopic (exact) mass is 322 g/mol.